The molecule has 1 aliphatic rings. The molecular formula is C50H73N13O10. The highest BCUT2D eigenvalue weighted by Gasteiger charge is 2.42. The minimum atomic E-state index is -1.34. The number of hydrogen-bond donors (Lipinski definition) is 11. The predicted molar refractivity (Wildman–Crippen MR) is 271 cm³/mol. The fourth-order valence-corrected chi connectivity index (χ4v) is 8.61. The molecule has 1 saturated heterocycles. The number of aromatic nitrogens is 2. The Bertz CT molecular complexity index is 2350. The molecule has 7 amide bonds. The van der Waals surface area contributed by atoms with Crippen molar-refractivity contribution >= 4 is 53.3 Å². The molecule has 23 nitrogen and oxygen atoms in total. The highest BCUT2D eigenvalue weighted by Crippen LogP contribution is 2.23. The quantitative estimate of drug-likeness (QED) is 0.0247. The van der Waals surface area contributed by atoms with E-state index in [1.165, 1.54) is 41.5 Å². The molecule has 0 saturated carbocycles. The van der Waals surface area contributed by atoms with Gasteiger partial charge in [-0.25, -0.2) is 9.78 Å². The summed E-state index contributed by atoms with van der Waals surface area (Å²) in [6, 6.07) is 6.36. The zero-order chi connectivity index (χ0) is 53.8. The number of hydrogen-bond acceptors (Lipinski definition) is 12. The van der Waals surface area contributed by atoms with Gasteiger partial charge in [0.2, 0.25) is 41.4 Å². The molecule has 2 heterocycles. The number of aromatic amines is 1. The fraction of sp³-hybridized carbons (Fsp3) is 0.520. The first-order valence-electron chi connectivity index (χ1n) is 24.5. The van der Waals surface area contributed by atoms with Gasteiger partial charge in [0.05, 0.1) is 12.9 Å². The summed E-state index contributed by atoms with van der Waals surface area (Å²) < 4.78 is 0. The summed E-state index contributed by atoms with van der Waals surface area (Å²) in [6.45, 7) is 7.22. The van der Waals surface area contributed by atoms with Crippen LogP contribution in [0.25, 0.3) is 0 Å². The number of amides is 7. The predicted octanol–water partition coefficient (Wildman–Crippen LogP) is -0.555. The molecule has 1 aliphatic heterocycles. The number of phenolic OH excluding ortho intramolecular Hbond substituents is 1. The molecule has 0 aliphatic carbocycles. The summed E-state index contributed by atoms with van der Waals surface area (Å²) in [5.41, 5.74) is 12.6. The molecule has 0 radical (unpaired) electrons. The van der Waals surface area contributed by atoms with Crippen LogP contribution in [0.1, 0.15) is 76.6 Å². The average molecular weight is 1020 g/mol. The monoisotopic (exact) mass is 1020 g/mol. The third kappa shape index (κ3) is 17.6. The van der Waals surface area contributed by atoms with Crippen LogP contribution in [0, 0.1) is 11.8 Å². The van der Waals surface area contributed by atoms with Crippen molar-refractivity contribution < 1.29 is 48.6 Å². The number of nitrogens with two attached hydrogens (primary N) is 2. The smallest absolute Gasteiger partial charge is 0.326 e. The van der Waals surface area contributed by atoms with E-state index in [0.29, 0.717) is 36.1 Å². The molecule has 2 aromatic carbocycles. The maximum atomic E-state index is 14.9. The second kappa shape index (κ2) is 28.5. The Hall–Kier alpha value is -7.56. The molecular weight excluding hydrogens is 943 g/mol. The first-order chi connectivity index (χ1) is 34.7. The average Bonchev–Trinajstić information content (AvgIpc) is 4.07. The van der Waals surface area contributed by atoms with Crippen molar-refractivity contribution in [3.63, 3.8) is 0 Å². The molecule has 0 spiro atoms. The van der Waals surface area contributed by atoms with E-state index < -0.39 is 101 Å². The number of imidazole rings is 1. The zero-order valence-corrected chi connectivity index (χ0v) is 42.4. The summed E-state index contributed by atoms with van der Waals surface area (Å²) >= 11 is 0. The van der Waals surface area contributed by atoms with Crippen molar-refractivity contribution in [1.82, 2.24) is 51.7 Å². The van der Waals surface area contributed by atoms with Gasteiger partial charge >= 0.3 is 5.97 Å². The number of aliphatic carboxylic acids is 1. The van der Waals surface area contributed by atoms with Crippen molar-refractivity contribution in [3.05, 3.63) is 83.9 Å². The van der Waals surface area contributed by atoms with Crippen molar-refractivity contribution in [2.45, 2.75) is 121 Å². The third-order valence-corrected chi connectivity index (χ3v) is 12.7. The second-order valence-corrected chi connectivity index (χ2v) is 18.7. The number of aliphatic imine (C=N–C) groups is 1. The van der Waals surface area contributed by atoms with Crippen LogP contribution in [0.15, 0.2) is 72.1 Å². The number of carboxylic acids is 1. The van der Waals surface area contributed by atoms with Gasteiger partial charge < -0.3 is 68.4 Å². The van der Waals surface area contributed by atoms with Crippen molar-refractivity contribution in [1.29, 1.82) is 0 Å². The Kier molecular flexibility index (Phi) is 22.6. The maximum Gasteiger partial charge on any atom is 0.326 e. The number of guanidine groups is 1. The third-order valence-electron chi connectivity index (χ3n) is 12.7. The number of nitrogens with zero attached hydrogens (tertiary/aromatic N) is 4. The van der Waals surface area contributed by atoms with E-state index in [4.69, 9.17) is 11.5 Å². The van der Waals surface area contributed by atoms with Gasteiger partial charge in [0.15, 0.2) is 5.96 Å². The lowest BCUT2D eigenvalue weighted by atomic mass is 9.94. The molecule has 1 aromatic heterocycles. The van der Waals surface area contributed by atoms with E-state index >= 15 is 0 Å². The molecule has 73 heavy (non-hydrogen) atoms. The highest BCUT2D eigenvalue weighted by molar-refractivity contribution is 5.98. The summed E-state index contributed by atoms with van der Waals surface area (Å²) in [6.07, 6.45) is 4.24. The fourth-order valence-electron chi connectivity index (χ4n) is 8.61. The number of aromatic hydroxyl groups is 1. The zero-order valence-electron chi connectivity index (χ0n) is 42.4. The number of carbonyl (C=O) groups excluding carboxylic acids is 7. The largest absolute Gasteiger partial charge is 0.508 e. The van der Waals surface area contributed by atoms with E-state index in [0.717, 1.165) is 0 Å². The number of phenols is 1. The van der Waals surface area contributed by atoms with Gasteiger partial charge in [0.1, 0.15) is 48.0 Å². The lowest BCUT2D eigenvalue weighted by molar-refractivity contribution is -0.146. The van der Waals surface area contributed by atoms with Gasteiger partial charge in [-0.3, -0.25) is 38.6 Å². The lowest BCUT2D eigenvalue weighted by Crippen LogP contribution is -2.62. The number of carboxylic acid groups (broad SMARTS) is 1. The Morgan fingerprint density at radius 3 is 2.10 bits per heavy atom. The van der Waals surface area contributed by atoms with Gasteiger partial charge in [-0.05, 0) is 67.8 Å². The van der Waals surface area contributed by atoms with Gasteiger partial charge in [-0.2, -0.15) is 0 Å². The van der Waals surface area contributed by atoms with Crippen LogP contribution >= 0.6 is 0 Å². The van der Waals surface area contributed by atoms with Crippen LogP contribution in [0.5, 0.6) is 5.75 Å². The van der Waals surface area contributed by atoms with Crippen LogP contribution in [0.4, 0.5) is 0 Å². The van der Waals surface area contributed by atoms with E-state index in [2.05, 4.69) is 46.9 Å². The van der Waals surface area contributed by atoms with Crippen molar-refractivity contribution in [2.24, 2.45) is 28.3 Å². The summed E-state index contributed by atoms with van der Waals surface area (Å²) in [7, 11) is 2.99. The first kappa shape index (κ1) is 58.0. The van der Waals surface area contributed by atoms with Crippen LogP contribution in [-0.2, 0) is 57.6 Å². The standard InChI is InChI=1S/C50H73N13O10/c1-7-30(4)42(46(69)59-37(25-33-26-54-28-56-33)48(71)63-22-12-16-39(63)44(67)60-38(49(72)73)24-31-13-9-8-10-14-31)62(6)47(70)36(23-32-17-19-34(64)20-18-32)58-45(68)41(29(2)3)61-43(66)35(57-40(65)27-53-5)15-11-21-55-50(51)52/h8-10,13-14,17-20,26,28-30,35-39,41-42,53,64H,7,11-12,15-16,21-25,27H2,1-6H3,(H,54,56)(H,57,65)(H,58,68)(H,59,69)(H,60,67)(H,61,66)(H,72,73)(H4,51,52,55)/t30-,35-,36-,37-,38-,39-,41-,42-/m0/s1. The topological polar surface area (TPSA) is 349 Å². The van der Waals surface area contributed by atoms with E-state index in [1.54, 1.807) is 70.3 Å². The minimum absolute atomic E-state index is 0.0150. The SMILES string of the molecule is CC[C@H](C)[C@@H](C(=O)N[C@@H](Cc1cnc[nH]1)C(=O)N1CCC[C@H]1C(=O)N[C@@H](Cc1ccccc1)C(=O)O)N(C)C(=O)[C@H](Cc1ccc(O)cc1)NC(=O)[C@@H](NC(=O)[C@H](CCCN=C(N)N)NC(=O)CNC)C(C)C. The molecule has 23 heteroatoms. The molecule has 398 valence electrons. The molecule has 3 aromatic rings. The highest BCUT2D eigenvalue weighted by atomic mass is 16.4. The van der Waals surface area contributed by atoms with Gasteiger partial charge in [0.25, 0.3) is 0 Å². The van der Waals surface area contributed by atoms with Crippen LogP contribution in [0.2, 0.25) is 0 Å². The number of nitrogens with one attached hydrogen (secondary N) is 7. The molecule has 4 rings (SSSR count). The van der Waals surface area contributed by atoms with Gasteiger partial charge in [-0.1, -0.05) is 76.6 Å². The van der Waals surface area contributed by atoms with E-state index in [1.807, 2.05) is 6.92 Å². The molecule has 8 atom stereocenters. The first-order valence-corrected chi connectivity index (χ1v) is 24.5. The molecule has 13 N–H and O–H groups in total. The van der Waals surface area contributed by atoms with Gasteiger partial charge in [-0.15, -0.1) is 0 Å². The number of likely N-dealkylation sites (tertiary alicyclic amines) is 1. The Labute approximate surface area is 425 Å². The number of carbonyl (C=O) groups is 8. The maximum absolute atomic E-state index is 14.9. The lowest BCUT2D eigenvalue weighted by Gasteiger charge is -2.36. The molecule has 0 unspecified atom stereocenters. The van der Waals surface area contributed by atoms with Crippen molar-refractivity contribution in [3.8, 4) is 5.75 Å². The Morgan fingerprint density at radius 1 is 0.836 bits per heavy atom. The van der Waals surface area contributed by atoms with Crippen LogP contribution < -0.4 is 43.4 Å². The summed E-state index contributed by atoms with van der Waals surface area (Å²) in [5.74, 6) is -6.98. The number of likely N-dealkylation sites (N-methyl/N-ethyl adjacent to an activating group) is 2. The number of benzene rings is 2. The van der Waals surface area contributed by atoms with Gasteiger partial charge in [0, 0.05) is 51.3 Å². The van der Waals surface area contributed by atoms with E-state index in [9.17, 15) is 48.6 Å². The summed E-state index contributed by atoms with van der Waals surface area (Å²) in [5, 5.41) is 36.5. The number of H-pyrrole nitrogens is 1. The van der Waals surface area contributed by atoms with Crippen LogP contribution in [-0.4, -0.2) is 159 Å². The van der Waals surface area contributed by atoms with Crippen LogP contribution in [0.3, 0.4) is 0 Å². The second-order valence-electron chi connectivity index (χ2n) is 18.7. The summed E-state index contributed by atoms with van der Waals surface area (Å²) in [4.78, 5) is 125. The van der Waals surface area contributed by atoms with E-state index in [-0.39, 0.29) is 63.4 Å². The van der Waals surface area contributed by atoms with Crippen molar-refractivity contribution in [2.75, 3.05) is 33.7 Å². The minimum Gasteiger partial charge on any atom is -0.508 e. The Morgan fingerprint density at radius 2 is 1.49 bits per heavy atom. The normalized spacial score (nSPS) is 16.1. The molecule has 0 bridgehead atoms. The molecule has 1 fully saturated rings. The Balaban J connectivity index is 1.61. The number of rotatable bonds is 28.